The first-order valence-electron chi connectivity index (χ1n) is 10.4. The molecule has 1 amide bonds. The molecule has 12 heteroatoms. The summed E-state index contributed by atoms with van der Waals surface area (Å²) in [5, 5.41) is 15.5. The van der Waals surface area contributed by atoms with Gasteiger partial charge in [0.2, 0.25) is 0 Å². The highest BCUT2D eigenvalue weighted by Gasteiger charge is 2.31. The second-order valence-electron chi connectivity index (χ2n) is 7.24. The van der Waals surface area contributed by atoms with Gasteiger partial charge in [-0.2, -0.15) is 5.10 Å². The van der Waals surface area contributed by atoms with Crippen LogP contribution >= 0.6 is 0 Å². The highest BCUT2D eigenvalue weighted by molar-refractivity contribution is 7.92. The van der Waals surface area contributed by atoms with Gasteiger partial charge in [0.15, 0.2) is 11.5 Å². The fraction of sp³-hybridized carbons (Fsp3) is 0.130. The second-order valence-corrected chi connectivity index (χ2v) is 9.10. The van der Waals surface area contributed by atoms with Gasteiger partial charge in [-0.25, -0.2) is 18.1 Å². The standard InChI is InChI=1S/C23H20N4O7S/c28-22(25-24-15-17-7-6-12-21-23(17)34-14-13-33-21)16-26(19-10-4-5-11-20(19)27(29)30)35(31,32)18-8-2-1-3-9-18/h1-12,15H,13-14,16H2,(H,25,28)/b24-15-. The number of para-hydroxylation sites is 3. The van der Waals surface area contributed by atoms with Gasteiger partial charge in [-0.15, -0.1) is 0 Å². The van der Waals surface area contributed by atoms with Gasteiger partial charge in [-0.3, -0.25) is 14.9 Å². The molecule has 180 valence electrons. The molecule has 0 fully saturated rings. The van der Waals surface area contributed by atoms with Crippen LogP contribution in [0.15, 0.2) is 82.8 Å². The van der Waals surface area contributed by atoms with Gasteiger partial charge in [0.25, 0.3) is 21.6 Å². The Hall–Kier alpha value is -4.45. The summed E-state index contributed by atoms with van der Waals surface area (Å²) in [6.07, 6.45) is 1.34. The summed E-state index contributed by atoms with van der Waals surface area (Å²) in [7, 11) is -4.31. The molecule has 0 unspecified atom stereocenters. The Morgan fingerprint density at radius 1 is 1.03 bits per heavy atom. The van der Waals surface area contributed by atoms with E-state index in [1.165, 1.54) is 54.7 Å². The van der Waals surface area contributed by atoms with Crippen molar-refractivity contribution >= 4 is 33.5 Å². The molecule has 3 aromatic carbocycles. The topological polar surface area (TPSA) is 140 Å². The molecule has 0 spiro atoms. The minimum absolute atomic E-state index is 0.123. The Morgan fingerprint density at radius 2 is 1.74 bits per heavy atom. The normalized spacial score (nSPS) is 12.8. The molecule has 0 aromatic heterocycles. The number of fused-ring (bicyclic) bond motifs is 1. The highest BCUT2D eigenvalue weighted by Crippen LogP contribution is 2.33. The number of benzene rings is 3. The van der Waals surface area contributed by atoms with E-state index < -0.39 is 33.1 Å². The number of carbonyl (C=O) groups excluding carboxylic acids is 1. The van der Waals surface area contributed by atoms with Crippen molar-refractivity contribution in [2.45, 2.75) is 4.90 Å². The number of hydrogen-bond donors (Lipinski definition) is 1. The van der Waals surface area contributed by atoms with Crippen LogP contribution in [0.1, 0.15) is 5.56 Å². The van der Waals surface area contributed by atoms with Crippen LogP contribution in [-0.2, 0) is 14.8 Å². The summed E-state index contributed by atoms with van der Waals surface area (Å²) >= 11 is 0. The van der Waals surface area contributed by atoms with Gasteiger partial charge in [-0.1, -0.05) is 36.4 Å². The van der Waals surface area contributed by atoms with Crippen LogP contribution < -0.4 is 19.2 Å². The monoisotopic (exact) mass is 496 g/mol. The molecule has 0 saturated heterocycles. The number of hydrazone groups is 1. The molecule has 0 aliphatic carbocycles. The van der Waals surface area contributed by atoms with E-state index >= 15 is 0 Å². The number of nitro groups is 1. The van der Waals surface area contributed by atoms with Gasteiger partial charge in [0.05, 0.1) is 16.0 Å². The first kappa shape index (κ1) is 23.7. The maximum atomic E-state index is 13.4. The Morgan fingerprint density at radius 3 is 2.51 bits per heavy atom. The molecule has 1 aliphatic heterocycles. The van der Waals surface area contributed by atoms with E-state index in [0.29, 0.717) is 34.6 Å². The van der Waals surface area contributed by atoms with E-state index in [0.717, 1.165) is 0 Å². The number of ether oxygens (including phenoxy) is 2. The van der Waals surface area contributed by atoms with Crippen LogP contribution in [0.4, 0.5) is 11.4 Å². The average Bonchev–Trinajstić information content (AvgIpc) is 2.88. The van der Waals surface area contributed by atoms with Crippen LogP contribution in [-0.4, -0.2) is 45.2 Å². The summed E-state index contributed by atoms with van der Waals surface area (Å²) in [5.74, 6) is 0.217. The molecule has 3 aromatic rings. The fourth-order valence-corrected chi connectivity index (χ4v) is 4.84. The lowest BCUT2D eigenvalue weighted by Crippen LogP contribution is -2.39. The second kappa shape index (κ2) is 10.2. The van der Waals surface area contributed by atoms with Gasteiger partial charge in [0.1, 0.15) is 25.4 Å². The Bertz CT molecular complexity index is 1380. The molecule has 1 heterocycles. The van der Waals surface area contributed by atoms with Crippen LogP contribution in [0, 0.1) is 10.1 Å². The number of sulfonamides is 1. The lowest BCUT2D eigenvalue weighted by Gasteiger charge is -2.23. The predicted molar refractivity (Wildman–Crippen MR) is 127 cm³/mol. The molecule has 4 rings (SSSR count). The number of anilines is 1. The summed E-state index contributed by atoms with van der Waals surface area (Å²) in [4.78, 5) is 23.4. The molecule has 0 atom stereocenters. The van der Waals surface area contributed by atoms with Crippen molar-refractivity contribution < 1.29 is 27.6 Å². The van der Waals surface area contributed by atoms with Gasteiger partial charge >= 0.3 is 0 Å². The number of hydrogen-bond acceptors (Lipinski definition) is 8. The zero-order valence-corrected chi connectivity index (χ0v) is 19.1. The van der Waals surface area contributed by atoms with Gasteiger partial charge < -0.3 is 9.47 Å². The molecule has 0 radical (unpaired) electrons. The number of amides is 1. The molecule has 1 aliphatic rings. The van der Waals surface area contributed by atoms with Crippen molar-refractivity contribution in [1.82, 2.24) is 5.43 Å². The SMILES string of the molecule is O=C(CN(c1ccccc1[N+](=O)[O-])S(=O)(=O)c1ccccc1)N/N=C\c1cccc2c1OCCO2. The molecule has 1 N–H and O–H groups in total. The quantitative estimate of drug-likeness (QED) is 0.287. The molecular formula is C23H20N4O7S. The molecule has 11 nitrogen and oxygen atoms in total. The van der Waals surface area contributed by atoms with Crippen molar-refractivity contribution in [3.63, 3.8) is 0 Å². The molecule has 0 saturated carbocycles. The largest absolute Gasteiger partial charge is 0.486 e. The minimum atomic E-state index is -4.31. The summed E-state index contributed by atoms with van der Waals surface area (Å²) in [5.41, 5.74) is 2.11. The van der Waals surface area contributed by atoms with Crippen molar-refractivity contribution in [3.8, 4) is 11.5 Å². The van der Waals surface area contributed by atoms with Crippen molar-refractivity contribution in [2.24, 2.45) is 5.10 Å². The number of nitro benzene ring substituents is 1. The van der Waals surface area contributed by atoms with Crippen LogP contribution in [0.5, 0.6) is 11.5 Å². The maximum absolute atomic E-state index is 13.4. The lowest BCUT2D eigenvalue weighted by molar-refractivity contribution is -0.384. The zero-order valence-electron chi connectivity index (χ0n) is 18.2. The minimum Gasteiger partial charge on any atom is -0.486 e. The zero-order chi connectivity index (χ0) is 24.8. The summed E-state index contributed by atoms with van der Waals surface area (Å²) in [6, 6.07) is 17.8. The van der Waals surface area contributed by atoms with E-state index in [1.54, 1.807) is 24.3 Å². The Balaban J connectivity index is 1.60. The Kier molecular flexibility index (Phi) is 6.92. The highest BCUT2D eigenvalue weighted by atomic mass is 32.2. The van der Waals surface area contributed by atoms with E-state index in [2.05, 4.69) is 10.5 Å². The van der Waals surface area contributed by atoms with Crippen LogP contribution in [0.3, 0.4) is 0 Å². The third-order valence-electron chi connectivity index (χ3n) is 4.96. The molecule has 0 bridgehead atoms. The van der Waals surface area contributed by atoms with Crippen molar-refractivity contribution in [1.29, 1.82) is 0 Å². The molecular weight excluding hydrogens is 476 g/mol. The number of carbonyl (C=O) groups is 1. The van der Waals surface area contributed by atoms with E-state index in [-0.39, 0.29) is 10.6 Å². The number of rotatable bonds is 8. The predicted octanol–water partition coefficient (Wildman–Crippen LogP) is 2.71. The first-order chi connectivity index (χ1) is 16.9. The fourth-order valence-electron chi connectivity index (χ4n) is 3.39. The van der Waals surface area contributed by atoms with Crippen LogP contribution in [0.25, 0.3) is 0 Å². The number of nitrogens with zero attached hydrogens (tertiary/aromatic N) is 3. The summed E-state index contributed by atoms with van der Waals surface area (Å²) < 4.78 is 38.5. The summed E-state index contributed by atoms with van der Waals surface area (Å²) in [6.45, 7) is 0.0416. The first-order valence-corrected chi connectivity index (χ1v) is 11.8. The lowest BCUT2D eigenvalue weighted by atomic mass is 10.2. The Labute approximate surface area is 200 Å². The maximum Gasteiger partial charge on any atom is 0.293 e. The van der Waals surface area contributed by atoms with E-state index in [1.807, 2.05) is 0 Å². The van der Waals surface area contributed by atoms with E-state index in [4.69, 9.17) is 9.47 Å². The van der Waals surface area contributed by atoms with Crippen LogP contribution in [0.2, 0.25) is 0 Å². The van der Waals surface area contributed by atoms with E-state index in [9.17, 15) is 23.3 Å². The van der Waals surface area contributed by atoms with Crippen molar-refractivity contribution in [3.05, 3.63) is 88.5 Å². The third-order valence-corrected chi connectivity index (χ3v) is 6.73. The molecule has 35 heavy (non-hydrogen) atoms. The van der Waals surface area contributed by atoms with Gasteiger partial charge in [-0.05, 0) is 30.3 Å². The number of nitrogens with one attached hydrogen (secondary N) is 1. The van der Waals surface area contributed by atoms with Gasteiger partial charge in [0, 0.05) is 11.6 Å². The smallest absolute Gasteiger partial charge is 0.293 e. The van der Waals surface area contributed by atoms with Crippen molar-refractivity contribution in [2.75, 3.05) is 24.1 Å². The average molecular weight is 497 g/mol. The third kappa shape index (κ3) is 5.22.